The van der Waals surface area contributed by atoms with Crippen molar-refractivity contribution < 1.29 is 27.1 Å². The third kappa shape index (κ3) is 7.28. The highest BCUT2D eigenvalue weighted by Gasteiger charge is 2.30. The van der Waals surface area contributed by atoms with E-state index in [0.29, 0.717) is 36.6 Å². The lowest BCUT2D eigenvalue weighted by Crippen LogP contribution is -2.40. The minimum Gasteiger partial charge on any atom is -0.444 e. The van der Waals surface area contributed by atoms with Crippen molar-refractivity contribution in [2.24, 2.45) is 0 Å². The predicted octanol–water partition coefficient (Wildman–Crippen LogP) is 6.37. The van der Waals surface area contributed by atoms with Crippen molar-refractivity contribution in [3.05, 3.63) is 77.9 Å². The van der Waals surface area contributed by atoms with Crippen LogP contribution in [0.5, 0.6) is 0 Å². The Bertz CT molecular complexity index is 1360. The zero-order chi connectivity index (χ0) is 26.6. The summed E-state index contributed by atoms with van der Waals surface area (Å²) < 4.78 is 50.0. The molecule has 2 heterocycles. The maximum atomic E-state index is 12.9. The summed E-state index contributed by atoms with van der Waals surface area (Å²) in [4.78, 5) is 16.5. The Morgan fingerprint density at radius 3 is 2.49 bits per heavy atom. The van der Waals surface area contributed by atoms with Crippen LogP contribution in [0.2, 0.25) is 0 Å². The Balaban J connectivity index is 1.46. The number of ether oxygens (including phenoxy) is 1. The second-order valence-corrected chi connectivity index (χ2v) is 9.72. The second-order valence-electron chi connectivity index (χ2n) is 9.72. The summed E-state index contributed by atoms with van der Waals surface area (Å²) in [6.07, 6.45) is -0.480. The van der Waals surface area contributed by atoms with Gasteiger partial charge in [-0.15, -0.1) is 10.2 Å². The number of nitrogens with one attached hydrogen (secondary N) is 1. The number of carbonyl (C=O) groups excluding carboxylic acids is 1. The van der Waals surface area contributed by atoms with Crippen molar-refractivity contribution in [3.8, 4) is 11.5 Å². The van der Waals surface area contributed by atoms with Crippen LogP contribution in [0.1, 0.15) is 44.2 Å². The van der Waals surface area contributed by atoms with E-state index in [0.717, 1.165) is 28.5 Å². The van der Waals surface area contributed by atoms with Crippen LogP contribution in [0.25, 0.3) is 22.2 Å². The Hall–Kier alpha value is -3.95. The molecule has 0 saturated heterocycles. The molecule has 1 unspecified atom stereocenters. The summed E-state index contributed by atoms with van der Waals surface area (Å²) in [5.74, 6) is 0.751. The molecule has 1 N–H and O–H groups in total. The zero-order valence-electron chi connectivity index (χ0n) is 20.7. The summed E-state index contributed by atoms with van der Waals surface area (Å²) in [6, 6.07) is 12.1. The highest BCUT2D eigenvalue weighted by atomic mass is 19.4. The topological polar surface area (TPSA) is 90.1 Å². The smallest absolute Gasteiger partial charge is 0.416 e. The molecule has 2 aromatic carbocycles. The van der Waals surface area contributed by atoms with Gasteiger partial charge in [-0.25, -0.2) is 4.79 Å². The van der Waals surface area contributed by atoms with Gasteiger partial charge in [0.2, 0.25) is 11.8 Å². The predicted molar refractivity (Wildman–Crippen MR) is 132 cm³/mol. The number of pyridine rings is 1. The van der Waals surface area contributed by atoms with E-state index in [1.54, 1.807) is 33.2 Å². The standard InChI is InChI=1S/C27H27F3N4O3/c1-26(2,3)37-25(35)32-22(14-17-4-8-21(9-5-17)27(28,29)30)10-11-23-33-34-24(36-23)19-6-7-20-16-31-13-12-18(20)15-19/h4-9,12-13,15-16,22H,10-11,14H2,1-3H3,(H,32,35). The SMILES string of the molecule is CC(C)(C)OC(=O)NC(CCc1nnc(-c2ccc3cnccc3c2)o1)Cc1ccc(C(F)(F)F)cc1. The molecular weight excluding hydrogens is 485 g/mol. The monoisotopic (exact) mass is 512 g/mol. The molecule has 0 aliphatic heterocycles. The first-order valence-electron chi connectivity index (χ1n) is 11.8. The van der Waals surface area contributed by atoms with E-state index in [-0.39, 0.29) is 0 Å². The molecule has 1 atom stereocenters. The molecule has 0 spiro atoms. The fourth-order valence-electron chi connectivity index (χ4n) is 3.80. The minimum atomic E-state index is -4.41. The molecule has 0 saturated carbocycles. The molecule has 37 heavy (non-hydrogen) atoms. The molecule has 194 valence electrons. The fraction of sp³-hybridized carbons (Fsp3) is 0.333. The molecule has 7 nitrogen and oxygen atoms in total. The lowest BCUT2D eigenvalue weighted by molar-refractivity contribution is -0.137. The number of aromatic nitrogens is 3. The number of benzene rings is 2. The first-order chi connectivity index (χ1) is 17.5. The molecular formula is C27H27F3N4O3. The van der Waals surface area contributed by atoms with E-state index >= 15 is 0 Å². The van der Waals surface area contributed by atoms with Crippen molar-refractivity contribution in [1.29, 1.82) is 0 Å². The van der Waals surface area contributed by atoms with Crippen LogP contribution in [0, 0.1) is 0 Å². The maximum absolute atomic E-state index is 12.9. The van der Waals surface area contributed by atoms with Gasteiger partial charge in [-0.1, -0.05) is 18.2 Å². The van der Waals surface area contributed by atoms with Crippen LogP contribution >= 0.6 is 0 Å². The first-order valence-corrected chi connectivity index (χ1v) is 11.8. The molecule has 2 aromatic heterocycles. The molecule has 0 fully saturated rings. The van der Waals surface area contributed by atoms with E-state index in [1.807, 2.05) is 24.3 Å². The van der Waals surface area contributed by atoms with Gasteiger partial charge < -0.3 is 14.5 Å². The Kier molecular flexibility index (Phi) is 7.47. The van der Waals surface area contributed by atoms with Crippen LogP contribution in [-0.2, 0) is 23.8 Å². The lowest BCUT2D eigenvalue weighted by atomic mass is 10.0. The van der Waals surface area contributed by atoms with Crippen LogP contribution in [-0.4, -0.2) is 32.9 Å². The number of carbonyl (C=O) groups is 1. The van der Waals surface area contributed by atoms with Crippen LogP contribution in [0.3, 0.4) is 0 Å². The van der Waals surface area contributed by atoms with Gasteiger partial charge in [-0.05, 0) is 74.9 Å². The van der Waals surface area contributed by atoms with Crippen molar-refractivity contribution >= 4 is 16.9 Å². The van der Waals surface area contributed by atoms with Gasteiger partial charge in [0.15, 0.2) is 0 Å². The van der Waals surface area contributed by atoms with Crippen molar-refractivity contribution in [3.63, 3.8) is 0 Å². The van der Waals surface area contributed by atoms with Crippen molar-refractivity contribution in [1.82, 2.24) is 20.5 Å². The van der Waals surface area contributed by atoms with E-state index in [4.69, 9.17) is 9.15 Å². The molecule has 0 aliphatic rings. The summed E-state index contributed by atoms with van der Waals surface area (Å²) in [5, 5.41) is 13.1. The number of aryl methyl sites for hydroxylation is 1. The zero-order valence-corrected chi connectivity index (χ0v) is 20.7. The minimum absolute atomic E-state index is 0.303. The van der Waals surface area contributed by atoms with E-state index < -0.39 is 29.5 Å². The molecule has 0 radical (unpaired) electrons. The van der Waals surface area contributed by atoms with E-state index in [9.17, 15) is 18.0 Å². The first kappa shape index (κ1) is 26.1. The highest BCUT2D eigenvalue weighted by molar-refractivity contribution is 5.85. The van der Waals surface area contributed by atoms with E-state index in [2.05, 4.69) is 20.5 Å². The Morgan fingerprint density at radius 2 is 1.78 bits per heavy atom. The molecule has 0 bridgehead atoms. The number of amides is 1. The van der Waals surface area contributed by atoms with Gasteiger partial charge >= 0.3 is 12.3 Å². The fourth-order valence-corrected chi connectivity index (χ4v) is 3.80. The van der Waals surface area contributed by atoms with Gasteiger partial charge in [0.05, 0.1) is 5.56 Å². The summed E-state index contributed by atoms with van der Waals surface area (Å²) in [5.41, 5.74) is -0.00636. The molecule has 4 aromatic rings. The van der Waals surface area contributed by atoms with Crippen LogP contribution in [0.15, 0.2) is 65.3 Å². The number of alkyl carbamates (subject to hydrolysis) is 1. The van der Waals surface area contributed by atoms with E-state index in [1.165, 1.54) is 12.1 Å². The van der Waals surface area contributed by atoms with Gasteiger partial charge in [-0.3, -0.25) is 4.98 Å². The molecule has 10 heteroatoms. The highest BCUT2D eigenvalue weighted by Crippen LogP contribution is 2.29. The summed E-state index contributed by atoms with van der Waals surface area (Å²) in [6.45, 7) is 5.25. The van der Waals surface area contributed by atoms with Gasteiger partial charge in [0, 0.05) is 35.8 Å². The average molecular weight is 513 g/mol. The van der Waals surface area contributed by atoms with Crippen LogP contribution in [0.4, 0.5) is 18.0 Å². The number of alkyl halides is 3. The Labute approximate surface area is 212 Å². The number of hydrogen-bond acceptors (Lipinski definition) is 6. The van der Waals surface area contributed by atoms with Gasteiger partial charge in [0.1, 0.15) is 5.60 Å². The van der Waals surface area contributed by atoms with Crippen LogP contribution < -0.4 is 5.32 Å². The quantitative estimate of drug-likeness (QED) is 0.309. The molecule has 0 aliphatic carbocycles. The second kappa shape index (κ2) is 10.6. The molecule has 1 amide bonds. The maximum Gasteiger partial charge on any atom is 0.416 e. The third-order valence-electron chi connectivity index (χ3n) is 5.55. The van der Waals surface area contributed by atoms with Gasteiger partial charge in [-0.2, -0.15) is 13.2 Å². The van der Waals surface area contributed by atoms with Crippen molar-refractivity contribution in [2.75, 3.05) is 0 Å². The summed E-state index contributed by atoms with van der Waals surface area (Å²) >= 11 is 0. The number of rotatable bonds is 7. The third-order valence-corrected chi connectivity index (χ3v) is 5.55. The lowest BCUT2D eigenvalue weighted by Gasteiger charge is -2.23. The molecule has 4 rings (SSSR count). The largest absolute Gasteiger partial charge is 0.444 e. The number of hydrogen-bond donors (Lipinski definition) is 1. The van der Waals surface area contributed by atoms with Crippen molar-refractivity contribution in [2.45, 2.75) is 57.9 Å². The Morgan fingerprint density at radius 1 is 1.03 bits per heavy atom. The normalized spacial score (nSPS) is 12.9. The number of halogens is 3. The average Bonchev–Trinajstić information content (AvgIpc) is 3.30. The summed E-state index contributed by atoms with van der Waals surface area (Å²) in [7, 11) is 0. The van der Waals surface area contributed by atoms with Gasteiger partial charge in [0.25, 0.3) is 0 Å². The number of nitrogens with zero attached hydrogens (tertiary/aromatic N) is 3. The number of fused-ring (bicyclic) bond motifs is 1.